The molecule has 1 amide bonds. The standard InChI is InChI=1S/C21H20N4OS2/c1-13-9-17-19(10-14(13)2)28-21(23-17)25-7-5-24(6-8-25)20(26)15-3-4-16-18(11-15)27-12-22-16/h3-4,9-12H,5-8H2,1-2H3. The smallest absolute Gasteiger partial charge is 0.254 e. The summed E-state index contributed by atoms with van der Waals surface area (Å²) in [5.41, 5.74) is 7.16. The predicted molar refractivity (Wildman–Crippen MR) is 117 cm³/mol. The largest absolute Gasteiger partial charge is 0.345 e. The maximum Gasteiger partial charge on any atom is 0.254 e. The van der Waals surface area contributed by atoms with Crippen molar-refractivity contribution in [2.24, 2.45) is 0 Å². The lowest BCUT2D eigenvalue weighted by Crippen LogP contribution is -2.48. The van der Waals surface area contributed by atoms with E-state index in [1.165, 1.54) is 15.8 Å². The van der Waals surface area contributed by atoms with Crippen molar-refractivity contribution in [3.63, 3.8) is 0 Å². The van der Waals surface area contributed by atoms with E-state index in [9.17, 15) is 4.79 Å². The third-order valence-corrected chi connectivity index (χ3v) is 7.28. The second kappa shape index (κ2) is 6.83. The molecule has 3 heterocycles. The molecule has 4 aromatic rings. The molecule has 1 aliphatic rings. The monoisotopic (exact) mass is 408 g/mol. The summed E-state index contributed by atoms with van der Waals surface area (Å²) in [6.45, 7) is 7.32. The van der Waals surface area contributed by atoms with Crippen molar-refractivity contribution in [3.8, 4) is 0 Å². The first-order valence-corrected chi connectivity index (χ1v) is 11.0. The number of aromatic nitrogens is 2. The quantitative estimate of drug-likeness (QED) is 0.490. The van der Waals surface area contributed by atoms with Crippen LogP contribution in [0.3, 0.4) is 0 Å². The molecule has 0 spiro atoms. The van der Waals surface area contributed by atoms with E-state index >= 15 is 0 Å². The van der Waals surface area contributed by atoms with Gasteiger partial charge in [0.15, 0.2) is 5.13 Å². The fourth-order valence-electron chi connectivity index (χ4n) is 3.57. The average molecular weight is 409 g/mol. The van der Waals surface area contributed by atoms with Gasteiger partial charge in [0.1, 0.15) is 0 Å². The Hall–Kier alpha value is -2.51. The number of hydrogen-bond donors (Lipinski definition) is 0. The number of carbonyl (C=O) groups excluding carboxylic acids is 1. The zero-order valence-corrected chi connectivity index (χ0v) is 17.4. The van der Waals surface area contributed by atoms with Crippen LogP contribution in [-0.4, -0.2) is 47.0 Å². The molecule has 0 bridgehead atoms. The zero-order valence-electron chi connectivity index (χ0n) is 15.8. The highest BCUT2D eigenvalue weighted by molar-refractivity contribution is 7.22. The molecule has 5 nitrogen and oxygen atoms in total. The molecule has 0 N–H and O–H groups in total. The first kappa shape index (κ1) is 17.6. The van der Waals surface area contributed by atoms with E-state index in [4.69, 9.17) is 4.98 Å². The van der Waals surface area contributed by atoms with Crippen LogP contribution in [0.1, 0.15) is 21.5 Å². The summed E-state index contributed by atoms with van der Waals surface area (Å²) < 4.78 is 2.29. The normalized spacial score (nSPS) is 14.9. The first-order chi connectivity index (χ1) is 13.6. The lowest BCUT2D eigenvalue weighted by molar-refractivity contribution is 0.0747. The van der Waals surface area contributed by atoms with Crippen molar-refractivity contribution in [2.45, 2.75) is 13.8 Å². The summed E-state index contributed by atoms with van der Waals surface area (Å²) in [7, 11) is 0. The number of hydrogen-bond acceptors (Lipinski definition) is 6. The Bertz CT molecular complexity index is 1150. The van der Waals surface area contributed by atoms with Gasteiger partial charge in [0.25, 0.3) is 5.91 Å². The fraction of sp³-hybridized carbons (Fsp3) is 0.286. The molecular formula is C21H20N4OS2. The van der Waals surface area contributed by atoms with E-state index < -0.39 is 0 Å². The highest BCUT2D eigenvalue weighted by Crippen LogP contribution is 2.31. The summed E-state index contributed by atoms with van der Waals surface area (Å²) in [6.07, 6.45) is 0. The number of piperazine rings is 1. The van der Waals surface area contributed by atoms with E-state index in [0.29, 0.717) is 13.1 Å². The second-order valence-electron chi connectivity index (χ2n) is 7.21. The summed E-state index contributed by atoms with van der Waals surface area (Å²) in [6, 6.07) is 10.2. The predicted octanol–water partition coefficient (Wildman–Crippen LogP) is 4.49. The molecule has 2 aromatic carbocycles. The molecule has 1 aliphatic heterocycles. The van der Waals surface area contributed by atoms with Crippen molar-refractivity contribution in [1.82, 2.24) is 14.9 Å². The number of benzene rings is 2. The van der Waals surface area contributed by atoms with Crippen LogP contribution >= 0.6 is 22.7 Å². The van der Waals surface area contributed by atoms with E-state index in [1.54, 1.807) is 22.7 Å². The molecule has 28 heavy (non-hydrogen) atoms. The topological polar surface area (TPSA) is 49.3 Å². The maximum atomic E-state index is 12.9. The Morgan fingerprint density at radius 1 is 0.964 bits per heavy atom. The first-order valence-electron chi connectivity index (χ1n) is 9.34. The number of thiazole rings is 2. The lowest BCUT2D eigenvalue weighted by Gasteiger charge is -2.34. The SMILES string of the molecule is Cc1cc2nc(N3CCN(C(=O)c4ccc5ncsc5c4)CC3)sc2cc1C. The third-order valence-electron chi connectivity index (χ3n) is 5.41. The van der Waals surface area contributed by atoms with Gasteiger partial charge in [0.05, 0.1) is 25.9 Å². The van der Waals surface area contributed by atoms with Crippen LogP contribution in [0.2, 0.25) is 0 Å². The Morgan fingerprint density at radius 3 is 2.57 bits per heavy atom. The number of aryl methyl sites for hydroxylation is 2. The summed E-state index contributed by atoms with van der Waals surface area (Å²) in [5.74, 6) is 0.102. The number of nitrogens with zero attached hydrogens (tertiary/aromatic N) is 4. The van der Waals surface area contributed by atoms with Crippen LogP contribution in [0.25, 0.3) is 20.4 Å². The fourth-order valence-corrected chi connectivity index (χ4v) is 5.39. The van der Waals surface area contributed by atoms with Crippen LogP contribution in [0.5, 0.6) is 0 Å². The van der Waals surface area contributed by atoms with Gasteiger partial charge in [-0.1, -0.05) is 11.3 Å². The highest BCUT2D eigenvalue weighted by Gasteiger charge is 2.24. The summed E-state index contributed by atoms with van der Waals surface area (Å²) in [4.78, 5) is 26.3. The Kier molecular flexibility index (Phi) is 4.29. The van der Waals surface area contributed by atoms with Gasteiger partial charge in [0, 0.05) is 31.7 Å². The molecule has 2 aromatic heterocycles. The molecule has 0 saturated carbocycles. The summed E-state index contributed by atoms with van der Waals surface area (Å²) in [5, 5.41) is 1.05. The van der Waals surface area contributed by atoms with Crippen molar-refractivity contribution < 1.29 is 4.79 Å². The van der Waals surface area contributed by atoms with Gasteiger partial charge < -0.3 is 9.80 Å². The number of anilines is 1. The van der Waals surface area contributed by atoms with Gasteiger partial charge in [0.2, 0.25) is 0 Å². The van der Waals surface area contributed by atoms with E-state index in [0.717, 1.165) is 39.5 Å². The van der Waals surface area contributed by atoms with Crippen LogP contribution in [0.4, 0.5) is 5.13 Å². The van der Waals surface area contributed by atoms with Gasteiger partial charge in [-0.3, -0.25) is 4.79 Å². The van der Waals surface area contributed by atoms with Gasteiger partial charge in [-0.25, -0.2) is 9.97 Å². The number of rotatable bonds is 2. The maximum absolute atomic E-state index is 12.9. The average Bonchev–Trinajstić information content (AvgIpc) is 3.34. The third kappa shape index (κ3) is 3.04. The van der Waals surface area contributed by atoms with E-state index in [-0.39, 0.29) is 5.91 Å². The molecule has 7 heteroatoms. The van der Waals surface area contributed by atoms with Gasteiger partial charge in [-0.2, -0.15) is 0 Å². The Morgan fingerprint density at radius 2 is 1.75 bits per heavy atom. The molecule has 1 fully saturated rings. The van der Waals surface area contributed by atoms with Crippen LogP contribution in [-0.2, 0) is 0 Å². The molecule has 0 atom stereocenters. The van der Waals surface area contributed by atoms with Crippen LogP contribution < -0.4 is 4.90 Å². The van der Waals surface area contributed by atoms with Crippen molar-refractivity contribution in [3.05, 3.63) is 52.5 Å². The zero-order chi connectivity index (χ0) is 19.3. The molecule has 5 rings (SSSR count). The van der Waals surface area contributed by atoms with Crippen molar-refractivity contribution >= 4 is 54.1 Å². The number of fused-ring (bicyclic) bond motifs is 2. The lowest BCUT2D eigenvalue weighted by atomic mass is 10.1. The molecule has 0 unspecified atom stereocenters. The van der Waals surface area contributed by atoms with Gasteiger partial charge >= 0.3 is 0 Å². The minimum absolute atomic E-state index is 0.102. The number of amides is 1. The molecule has 142 valence electrons. The summed E-state index contributed by atoms with van der Waals surface area (Å²) >= 11 is 3.31. The van der Waals surface area contributed by atoms with Crippen molar-refractivity contribution in [1.29, 1.82) is 0 Å². The number of carbonyl (C=O) groups is 1. The minimum atomic E-state index is 0.102. The van der Waals surface area contributed by atoms with Crippen LogP contribution in [0, 0.1) is 13.8 Å². The second-order valence-corrected chi connectivity index (χ2v) is 9.11. The Balaban J connectivity index is 1.31. The minimum Gasteiger partial charge on any atom is -0.345 e. The molecule has 1 saturated heterocycles. The van der Waals surface area contributed by atoms with Gasteiger partial charge in [-0.15, -0.1) is 11.3 Å². The van der Waals surface area contributed by atoms with E-state index in [1.807, 2.05) is 28.6 Å². The van der Waals surface area contributed by atoms with E-state index in [2.05, 4.69) is 35.9 Å². The molecule has 0 radical (unpaired) electrons. The highest BCUT2D eigenvalue weighted by atomic mass is 32.1. The molecule has 0 aliphatic carbocycles. The molecular weight excluding hydrogens is 388 g/mol. The Labute approximate surface area is 171 Å². The van der Waals surface area contributed by atoms with Crippen LogP contribution in [0.15, 0.2) is 35.8 Å². The van der Waals surface area contributed by atoms with Crippen molar-refractivity contribution in [2.75, 3.05) is 31.1 Å². The van der Waals surface area contributed by atoms with Gasteiger partial charge in [-0.05, 0) is 55.3 Å².